The van der Waals surface area contributed by atoms with E-state index in [4.69, 9.17) is 0 Å². The second-order valence-corrected chi connectivity index (χ2v) is 4.14. The average molecular weight is 210 g/mol. The Morgan fingerprint density at radius 3 is 2.93 bits per heavy atom. The number of likely N-dealkylation sites (tertiary alicyclic amines) is 1. The van der Waals surface area contributed by atoms with Crippen LogP contribution >= 0.6 is 0 Å². The zero-order valence-corrected chi connectivity index (χ0v) is 10.1. The van der Waals surface area contributed by atoms with Crippen LogP contribution in [0.3, 0.4) is 0 Å². The topological polar surface area (TPSA) is 23.6 Å². The first kappa shape index (κ1) is 12.2. The predicted octanol–water partition coefficient (Wildman–Crippen LogP) is 1.51. The molecule has 1 aliphatic rings. The summed E-state index contributed by atoms with van der Waals surface area (Å²) < 4.78 is 0. The molecule has 0 radical (unpaired) electrons. The minimum atomic E-state index is 0.112. The third kappa shape index (κ3) is 3.34. The number of hydrogen-bond acceptors (Lipinski definition) is 2. The molecule has 1 fully saturated rings. The van der Waals surface area contributed by atoms with E-state index >= 15 is 0 Å². The van der Waals surface area contributed by atoms with Crippen molar-refractivity contribution in [3.05, 3.63) is 12.2 Å². The van der Waals surface area contributed by atoms with Gasteiger partial charge in [0.05, 0.1) is 0 Å². The van der Waals surface area contributed by atoms with Crippen LogP contribution in [-0.2, 0) is 4.79 Å². The fourth-order valence-electron chi connectivity index (χ4n) is 2.19. The van der Waals surface area contributed by atoms with Gasteiger partial charge < -0.3 is 4.90 Å². The molecule has 1 atom stereocenters. The van der Waals surface area contributed by atoms with E-state index in [1.54, 1.807) is 12.2 Å². The Morgan fingerprint density at radius 1 is 1.60 bits per heavy atom. The fraction of sp³-hybridized carbons (Fsp3) is 0.750. The number of amides is 1. The number of rotatable bonds is 4. The highest BCUT2D eigenvalue weighted by atomic mass is 16.2. The van der Waals surface area contributed by atoms with E-state index in [0.29, 0.717) is 6.04 Å². The van der Waals surface area contributed by atoms with E-state index in [2.05, 4.69) is 11.8 Å². The standard InChI is InChI=1S/C12H22N2O/c1-4-7-12(15)13(3)10-11-8-6-9-14(11)5-2/h4,7,11H,5-6,8-10H2,1-3H3. The number of allylic oxidation sites excluding steroid dienone is 1. The lowest BCUT2D eigenvalue weighted by Gasteiger charge is -2.27. The maximum atomic E-state index is 11.5. The second-order valence-electron chi connectivity index (χ2n) is 4.14. The Morgan fingerprint density at radius 2 is 2.33 bits per heavy atom. The van der Waals surface area contributed by atoms with Gasteiger partial charge in [0.25, 0.3) is 0 Å². The molecule has 0 N–H and O–H groups in total. The molecule has 1 unspecified atom stereocenters. The first-order valence-corrected chi connectivity index (χ1v) is 5.80. The zero-order valence-electron chi connectivity index (χ0n) is 10.1. The smallest absolute Gasteiger partial charge is 0.246 e. The molecule has 15 heavy (non-hydrogen) atoms. The van der Waals surface area contributed by atoms with E-state index in [9.17, 15) is 4.79 Å². The molecule has 0 bridgehead atoms. The van der Waals surface area contributed by atoms with Crippen molar-refractivity contribution in [1.29, 1.82) is 0 Å². The van der Waals surface area contributed by atoms with Gasteiger partial charge in [-0.3, -0.25) is 9.69 Å². The van der Waals surface area contributed by atoms with Crippen molar-refractivity contribution in [3.63, 3.8) is 0 Å². The summed E-state index contributed by atoms with van der Waals surface area (Å²) in [6.07, 6.45) is 5.92. The molecule has 0 saturated carbocycles. The van der Waals surface area contributed by atoms with Gasteiger partial charge in [-0.25, -0.2) is 0 Å². The summed E-state index contributed by atoms with van der Waals surface area (Å²) in [7, 11) is 1.88. The van der Waals surface area contributed by atoms with Crippen molar-refractivity contribution in [2.24, 2.45) is 0 Å². The van der Waals surface area contributed by atoms with Crippen LogP contribution in [0.25, 0.3) is 0 Å². The number of likely N-dealkylation sites (N-methyl/N-ethyl adjacent to an activating group) is 2. The number of hydrogen-bond donors (Lipinski definition) is 0. The van der Waals surface area contributed by atoms with Crippen molar-refractivity contribution < 1.29 is 4.79 Å². The molecule has 0 spiro atoms. The minimum absolute atomic E-state index is 0.112. The van der Waals surface area contributed by atoms with Gasteiger partial charge in [0.2, 0.25) is 5.91 Å². The first-order valence-electron chi connectivity index (χ1n) is 5.80. The van der Waals surface area contributed by atoms with Gasteiger partial charge in [-0.05, 0) is 38.9 Å². The molecule has 1 amide bonds. The molecule has 0 aliphatic carbocycles. The van der Waals surface area contributed by atoms with E-state index in [0.717, 1.165) is 13.1 Å². The molecular formula is C12H22N2O. The second kappa shape index (κ2) is 5.91. The lowest BCUT2D eigenvalue weighted by molar-refractivity contribution is -0.125. The lowest BCUT2D eigenvalue weighted by atomic mass is 10.2. The van der Waals surface area contributed by atoms with Crippen molar-refractivity contribution in [3.8, 4) is 0 Å². The van der Waals surface area contributed by atoms with Gasteiger partial charge in [-0.1, -0.05) is 13.0 Å². The van der Waals surface area contributed by atoms with Crippen LogP contribution in [0.5, 0.6) is 0 Å². The molecule has 0 aromatic rings. The number of nitrogens with zero attached hydrogens (tertiary/aromatic N) is 2. The van der Waals surface area contributed by atoms with Crippen molar-refractivity contribution in [2.45, 2.75) is 32.7 Å². The molecule has 86 valence electrons. The van der Waals surface area contributed by atoms with E-state index in [1.165, 1.54) is 19.4 Å². The minimum Gasteiger partial charge on any atom is -0.341 e. The quantitative estimate of drug-likeness (QED) is 0.657. The summed E-state index contributed by atoms with van der Waals surface area (Å²) >= 11 is 0. The SMILES string of the molecule is CC=CC(=O)N(C)CC1CCCN1CC. The lowest BCUT2D eigenvalue weighted by Crippen LogP contribution is -2.40. The third-order valence-electron chi connectivity index (χ3n) is 3.08. The predicted molar refractivity (Wildman–Crippen MR) is 62.7 cm³/mol. The van der Waals surface area contributed by atoms with Gasteiger partial charge in [0.1, 0.15) is 0 Å². The Kier molecular flexibility index (Phi) is 4.82. The summed E-state index contributed by atoms with van der Waals surface area (Å²) in [5.41, 5.74) is 0. The van der Waals surface area contributed by atoms with Gasteiger partial charge in [-0.2, -0.15) is 0 Å². The van der Waals surface area contributed by atoms with Crippen molar-refractivity contribution in [2.75, 3.05) is 26.7 Å². The van der Waals surface area contributed by atoms with Crippen LogP contribution in [0.4, 0.5) is 0 Å². The highest BCUT2D eigenvalue weighted by Crippen LogP contribution is 2.17. The van der Waals surface area contributed by atoms with E-state index in [1.807, 2.05) is 18.9 Å². The van der Waals surface area contributed by atoms with Crippen molar-refractivity contribution in [1.82, 2.24) is 9.80 Å². The largest absolute Gasteiger partial charge is 0.341 e. The van der Waals surface area contributed by atoms with Gasteiger partial charge in [-0.15, -0.1) is 0 Å². The first-order chi connectivity index (χ1) is 7.19. The highest BCUT2D eigenvalue weighted by Gasteiger charge is 2.24. The summed E-state index contributed by atoms with van der Waals surface area (Å²) in [6.45, 7) is 7.20. The van der Waals surface area contributed by atoms with E-state index < -0.39 is 0 Å². The van der Waals surface area contributed by atoms with Crippen LogP contribution in [0.15, 0.2) is 12.2 Å². The average Bonchev–Trinajstić information content (AvgIpc) is 2.65. The van der Waals surface area contributed by atoms with Crippen LogP contribution < -0.4 is 0 Å². The maximum Gasteiger partial charge on any atom is 0.246 e. The van der Waals surface area contributed by atoms with Crippen molar-refractivity contribution >= 4 is 5.91 Å². The summed E-state index contributed by atoms with van der Waals surface area (Å²) in [6, 6.07) is 0.564. The number of carbonyl (C=O) groups is 1. The highest BCUT2D eigenvalue weighted by molar-refractivity contribution is 5.87. The molecule has 0 aromatic carbocycles. The molecule has 1 heterocycles. The summed E-state index contributed by atoms with van der Waals surface area (Å²) in [5.74, 6) is 0.112. The Labute approximate surface area is 92.7 Å². The van der Waals surface area contributed by atoms with Crippen LogP contribution in [0, 0.1) is 0 Å². The summed E-state index contributed by atoms with van der Waals surface area (Å²) in [5, 5.41) is 0. The van der Waals surface area contributed by atoms with Gasteiger partial charge in [0.15, 0.2) is 0 Å². The zero-order chi connectivity index (χ0) is 11.3. The van der Waals surface area contributed by atoms with Crippen LogP contribution in [0.2, 0.25) is 0 Å². The molecule has 0 aromatic heterocycles. The Bertz CT molecular complexity index is 238. The molecule has 1 rings (SSSR count). The maximum absolute atomic E-state index is 11.5. The van der Waals surface area contributed by atoms with Gasteiger partial charge in [0, 0.05) is 19.6 Å². The summed E-state index contributed by atoms with van der Waals surface area (Å²) in [4.78, 5) is 15.8. The fourth-order valence-corrected chi connectivity index (χ4v) is 2.19. The van der Waals surface area contributed by atoms with E-state index in [-0.39, 0.29) is 5.91 Å². The molecule has 3 heteroatoms. The molecule has 1 aliphatic heterocycles. The molecule has 3 nitrogen and oxygen atoms in total. The Hall–Kier alpha value is -0.830. The third-order valence-corrected chi connectivity index (χ3v) is 3.08. The molecule has 1 saturated heterocycles. The van der Waals surface area contributed by atoms with Gasteiger partial charge >= 0.3 is 0 Å². The van der Waals surface area contributed by atoms with Crippen LogP contribution in [0.1, 0.15) is 26.7 Å². The Balaban J connectivity index is 2.43. The monoisotopic (exact) mass is 210 g/mol. The molecular weight excluding hydrogens is 188 g/mol. The number of carbonyl (C=O) groups excluding carboxylic acids is 1. The normalized spacial score (nSPS) is 22.5. The van der Waals surface area contributed by atoms with Crippen LogP contribution in [-0.4, -0.2) is 48.4 Å².